The third kappa shape index (κ3) is 4.49. The van der Waals surface area contributed by atoms with Gasteiger partial charge >= 0.3 is 0 Å². The third-order valence-electron chi connectivity index (χ3n) is 4.39. The van der Waals surface area contributed by atoms with E-state index in [0.29, 0.717) is 31.5 Å². The third-order valence-corrected chi connectivity index (χ3v) is 6.36. The van der Waals surface area contributed by atoms with Gasteiger partial charge in [0, 0.05) is 36.0 Å². The highest BCUT2D eigenvalue weighted by molar-refractivity contribution is 9.10. The number of hydrogen-bond acceptors (Lipinski definition) is 4. The SMILES string of the molecule is Cc1ccc(S(=O)(=O)NC2CCN(C(=O)c3cncc(Br)c3)CC2)cc1. The molecule has 1 aliphatic heterocycles. The topological polar surface area (TPSA) is 79.4 Å². The Balaban J connectivity index is 1.60. The molecule has 0 saturated carbocycles. The molecule has 0 bridgehead atoms. The minimum Gasteiger partial charge on any atom is -0.338 e. The van der Waals surface area contributed by atoms with Gasteiger partial charge in [-0.25, -0.2) is 13.1 Å². The minimum absolute atomic E-state index is 0.0846. The second-order valence-electron chi connectivity index (χ2n) is 6.39. The van der Waals surface area contributed by atoms with E-state index < -0.39 is 10.0 Å². The van der Waals surface area contributed by atoms with Crippen LogP contribution in [0.4, 0.5) is 0 Å². The molecule has 0 radical (unpaired) electrons. The molecule has 26 heavy (non-hydrogen) atoms. The van der Waals surface area contributed by atoms with Crippen LogP contribution in [0.2, 0.25) is 0 Å². The smallest absolute Gasteiger partial charge is 0.255 e. The Labute approximate surface area is 161 Å². The Bertz CT molecular complexity index is 892. The van der Waals surface area contributed by atoms with Crippen LogP contribution in [0.5, 0.6) is 0 Å². The molecular formula is C18H20BrN3O3S. The standard InChI is InChI=1S/C18H20BrN3O3S/c1-13-2-4-17(5-3-13)26(24,25)21-16-6-8-22(9-7-16)18(23)14-10-15(19)12-20-11-14/h2-5,10-12,16,21H,6-9H2,1H3. The van der Waals surface area contributed by atoms with Gasteiger partial charge in [-0.1, -0.05) is 17.7 Å². The van der Waals surface area contributed by atoms with E-state index in [1.54, 1.807) is 47.6 Å². The van der Waals surface area contributed by atoms with Crippen LogP contribution in [-0.2, 0) is 10.0 Å². The Hall–Kier alpha value is -1.77. The van der Waals surface area contributed by atoms with Crippen molar-refractivity contribution in [3.63, 3.8) is 0 Å². The molecule has 3 rings (SSSR count). The zero-order chi connectivity index (χ0) is 18.7. The molecular weight excluding hydrogens is 418 g/mol. The number of pyridine rings is 1. The summed E-state index contributed by atoms with van der Waals surface area (Å²) in [4.78, 5) is 18.5. The van der Waals surface area contributed by atoms with Gasteiger partial charge in [0.15, 0.2) is 0 Å². The summed E-state index contributed by atoms with van der Waals surface area (Å²) >= 11 is 3.31. The number of nitrogens with zero attached hydrogens (tertiary/aromatic N) is 2. The van der Waals surface area contributed by atoms with Crippen LogP contribution in [0.3, 0.4) is 0 Å². The summed E-state index contributed by atoms with van der Waals surface area (Å²) in [7, 11) is -3.54. The van der Waals surface area contributed by atoms with Gasteiger partial charge in [0.2, 0.25) is 10.0 Å². The monoisotopic (exact) mass is 437 g/mol. The van der Waals surface area contributed by atoms with Crippen molar-refractivity contribution < 1.29 is 13.2 Å². The summed E-state index contributed by atoms with van der Waals surface area (Å²) in [6.45, 7) is 2.93. The molecule has 2 aromatic rings. The Morgan fingerprint density at radius 2 is 1.85 bits per heavy atom. The van der Waals surface area contributed by atoms with Crippen molar-refractivity contribution in [1.29, 1.82) is 0 Å². The highest BCUT2D eigenvalue weighted by Gasteiger charge is 2.27. The molecule has 6 nitrogen and oxygen atoms in total. The predicted molar refractivity (Wildman–Crippen MR) is 102 cm³/mol. The first-order valence-electron chi connectivity index (χ1n) is 8.34. The maximum Gasteiger partial charge on any atom is 0.255 e. The lowest BCUT2D eigenvalue weighted by Crippen LogP contribution is -2.46. The molecule has 0 aliphatic carbocycles. The van der Waals surface area contributed by atoms with Crippen LogP contribution in [-0.4, -0.2) is 43.3 Å². The van der Waals surface area contributed by atoms with Crippen molar-refractivity contribution in [2.75, 3.05) is 13.1 Å². The Morgan fingerprint density at radius 1 is 1.19 bits per heavy atom. The lowest BCUT2D eigenvalue weighted by molar-refractivity contribution is 0.0711. The molecule has 1 aromatic heterocycles. The zero-order valence-electron chi connectivity index (χ0n) is 14.4. The first-order valence-corrected chi connectivity index (χ1v) is 10.6. The van der Waals surface area contributed by atoms with Crippen molar-refractivity contribution in [1.82, 2.24) is 14.6 Å². The molecule has 1 fully saturated rings. The van der Waals surface area contributed by atoms with Crippen molar-refractivity contribution in [3.8, 4) is 0 Å². The van der Waals surface area contributed by atoms with E-state index in [-0.39, 0.29) is 16.8 Å². The second-order valence-corrected chi connectivity index (χ2v) is 9.02. The van der Waals surface area contributed by atoms with Gasteiger partial charge in [0.05, 0.1) is 10.5 Å². The summed E-state index contributed by atoms with van der Waals surface area (Å²) in [6.07, 6.45) is 4.33. The molecule has 138 valence electrons. The van der Waals surface area contributed by atoms with E-state index >= 15 is 0 Å². The number of sulfonamides is 1. The second kappa shape index (κ2) is 7.85. The molecule has 0 atom stereocenters. The lowest BCUT2D eigenvalue weighted by Gasteiger charge is -2.32. The van der Waals surface area contributed by atoms with Crippen molar-refractivity contribution in [2.45, 2.75) is 30.7 Å². The normalized spacial score (nSPS) is 15.8. The van der Waals surface area contributed by atoms with Gasteiger partial charge in [0.1, 0.15) is 0 Å². The summed E-state index contributed by atoms with van der Waals surface area (Å²) in [5, 5.41) is 0. The van der Waals surface area contributed by atoms with Crippen LogP contribution >= 0.6 is 15.9 Å². The fraction of sp³-hybridized carbons (Fsp3) is 0.333. The van der Waals surface area contributed by atoms with E-state index in [9.17, 15) is 13.2 Å². The number of nitrogens with one attached hydrogen (secondary N) is 1. The molecule has 0 spiro atoms. The Kier molecular flexibility index (Phi) is 5.74. The molecule has 2 heterocycles. The molecule has 1 amide bonds. The van der Waals surface area contributed by atoms with Crippen LogP contribution in [0.15, 0.2) is 52.1 Å². The predicted octanol–water partition coefficient (Wildman–Crippen LogP) is 2.74. The van der Waals surface area contributed by atoms with Gasteiger partial charge in [0.25, 0.3) is 5.91 Å². The van der Waals surface area contributed by atoms with E-state index in [4.69, 9.17) is 0 Å². The maximum absolute atomic E-state index is 12.5. The summed E-state index contributed by atoms with van der Waals surface area (Å²) < 4.78 is 28.5. The van der Waals surface area contributed by atoms with Crippen LogP contribution in [0.25, 0.3) is 0 Å². The molecule has 1 aliphatic rings. The largest absolute Gasteiger partial charge is 0.338 e. The van der Waals surface area contributed by atoms with Gasteiger partial charge in [-0.15, -0.1) is 0 Å². The number of likely N-dealkylation sites (tertiary alicyclic amines) is 1. The minimum atomic E-state index is -3.54. The van der Waals surface area contributed by atoms with E-state index in [2.05, 4.69) is 25.6 Å². The van der Waals surface area contributed by atoms with Crippen LogP contribution in [0, 0.1) is 6.92 Å². The molecule has 1 aromatic carbocycles. The number of aryl methyl sites for hydroxylation is 1. The molecule has 8 heteroatoms. The molecule has 1 saturated heterocycles. The number of piperidine rings is 1. The number of hydrogen-bond donors (Lipinski definition) is 1. The number of aromatic nitrogens is 1. The Morgan fingerprint density at radius 3 is 2.46 bits per heavy atom. The van der Waals surface area contributed by atoms with E-state index in [0.717, 1.165) is 10.0 Å². The first kappa shape index (κ1) is 19.0. The summed E-state index contributed by atoms with van der Waals surface area (Å²) in [5.41, 5.74) is 1.54. The highest BCUT2D eigenvalue weighted by Crippen LogP contribution is 2.18. The van der Waals surface area contributed by atoms with Gasteiger partial charge in [-0.3, -0.25) is 9.78 Å². The lowest BCUT2D eigenvalue weighted by atomic mass is 10.1. The fourth-order valence-electron chi connectivity index (χ4n) is 2.92. The van der Waals surface area contributed by atoms with E-state index in [1.165, 1.54) is 0 Å². The van der Waals surface area contributed by atoms with Crippen molar-refractivity contribution in [3.05, 3.63) is 58.3 Å². The summed E-state index contributed by atoms with van der Waals surface area (Å²) in [6, 6.07) is 8.34. The molecule has 1 N–H and O–H groups in total. The number of halogens is 1. The summed E-state index contributed by atoms with van der Waals surface area (Å²) in [5.74, 6) is -0.0846. The maximum atomic E-state index is 12.5. The van der Waals surface area contributed by atoms with E-state index in [1.807, 2.05) is 6.92 Å². The van der Waals surface area contributed by atoms with Crippen LogP contribution < -0.4 is 4.72 Å². The quantitative estimate of drug-likeness (QED) is 0.797. The number of carbonyl (C=O) groups is 1. The average molecular weight is 438 g/mol. The van der Waals surface area contributed by atoms with Gasteiger partial charge in [-0.2, -0.15) is 0 Å². The average Bonchev–Trinajstić information content (AvgIpc) is 2.62. The zero-order valence-corrected chi connectivity index (χ0v) is 16.8. The van der Waals surface area contributed by atoms with Gasteiger partial charge < -0.3 is 4.90 Å². The van der Waals surface area contributed by atoms with Gasteiger partial charge in [-0.05, 0) is 53.9 Å². The number of carbonyl (C=O) groups excluding carboxylic acids is 1. The fourth-order valence-corrected chi connectivity index (χ4v) is 4.59. The highest BCUT2D eigenvalue weighted by atomic mass is 79.9. The number of benzene rings is 1. The van der Waals surface area contributed by atoms with Crippen molar-refractivity contribution in [2.24, 2.45) is 0 Å². The molecule has 0 unspecified atom stereocenters. The first-order chi connectivity index (χ1) is 12.3. The number of amides is 1. The number of rotatable bonds is 4. The van der Waals surface area contributed by atoms with Crippen LogP contribution in [0.1, 0.15) is 28.8 Å². The van der Waals surface area contributed by atoms with Crippen molar-refractivity contribution >= 4 is 31.9 Å².